The Bertz CT molecular complexity index is 312. The van der Waals surface area contributed by atoms with Gasteiger partial charge in [0.2, 0.25) is 0 Å². The summed E-state index contributed by atoms with van der Waals surface area (Å²) in [6.07, 6.45) is 1.34. The molecule has 0 saturated heterocycles. The second-order valence-corrected chi connectivity index (χ2v) is 6.22. The zero-order valence-electron chi connectivity index (χ0n) is 10.6. The second kappa shape index (κ2) is 5.80. The monoisotopic (exact) mass is 242 g/mol. The Morgan fingerprint density at radius 1 is 1.38 bits per heavy atom. The molecule has 92 valence electrons. The van der Waals surface area contributed by atoms with E-state index in [0.29, 0.717) is 6.61 Å². The number of hydrogen-bond donors (Lipinski definition) is 1. The van der Waals surface area contributed by atoms with Gasteiger partial charge in [-0.1, -0.05) is 20.8 Å². The summed E-state index contributed by atoms with van der Waals surface area (Å²) >= 11 is 1.72. The summed E-state index contributed by atoms with van der Waals surface area (Å²) in [5.41, 5.74) is 0.176. The molecule has 0 fully saturated rings. The summed E-state index contributed by atoms with van der Waals surface area (Å²) in [6, 6.07) is 4.17. The number of thiophene rings is 1. The van der Waals surface area contributed by atoms with Crippen molar-refractivity contribution in [3.05, 3.63) is 21.9 Å². The molecule has 1 atom stereocenters. The van der Waals surface area contributed by atoms with Crippen LogP contribution in [0.1, 0.15) is 49.5 Å². The molecular formula is C13H22O2S. The van der Waals surface area contributed by atoms with Crippen molar-refractivity contribution in [2.45, 2.75) is 45.1 Å². The SMILES string of the molecule is COCCCC(O)c1ccc(C(C)(C)C)s1. The normalized spacial score (nSPS) is 14.1. The first-order chi connectivity index (χ1) is 7.45. The molecule has 0 aromatic carbocycles. The molecule has 1 N–H and O–H groups in total. The minimum atomic E-state index is -0.337. The predicted molar refractivity (Wildman–Crippen MR) is 69.1 cm³/mol. The topological polar surface area (TPSA) is 29.5 Å². The number of hydrogen-bond acceptors (Lipinski definition) is 3. The number of ether oxygens (including phenoxy) is 1. The highest BCUT2D eigenvalue weighted by atomic mass is 32.1. The first-order valence-corrected chi connectivity index (χ1v) is 6.54. The van der Waals surface area contributed by atoms with Gasteiger partial charge in [0.05, 0.1) is 6.10 Å². The summed E-state index contributed by atoms with van der Waals surface area (Å²) in [5.74, 6) is 0. The lowest BCUT2D eigenvalue weighted by Crippen LogP contribution is -2.07. The third-order valence-corrected chi connectivity index (χ3v) is 4.13. The molecule has 0 amide bonds. The van der Waals surface area contributed by atoms with Crippen LogP contribution in [-0.4, -0.2) is 18.8 Å². The minimum absolute atomic E-state index is 0.176. The van der Waals surface area contributed by atoms with Crippen LogP contribution >= 0.6 is 11.3 Å². The Morgan fingerprint density at radius 2 is 2.06 bits per heavy atom. The lowest BCUT2D eigenvalue weighted by atomic mass is 9.95. The molecule has 0 bridgehead atoms. The Kier molecular flexibility index (Phi) is 4.96. The molecule has 0 aliphatic carbocycles. The molecule has 1 rings (SSSR count). The molecular weight excluding hydrogens is 220 g/mol. The molecule has 2 nitrogen and oxygen atoms in total. The van der Waals surface area contributed by atoms with Crippen LogP contribution in [0.25, 0.3) is 0 Å². The molecule has 16 heavy (non-hydrogen) atoms. The molecule has 0 saturated carbocycles. The highest BCUT2D eigenvalue weighted by molar-refractivity contribution is 7.12. The average molecular weight is 242 g/mol. The van der Waals surface area contributed by atoms with Crippen molar-refractivity contribution >= 4 is 11.3 Å². The Balaban J connectivity index is 2.56. The van der Waals surface area contributed by atoms with Crippen molar-refractivity contribution in [1.29, 1.82) is 0 Å². The largest absolute Gasteiger partial charge is 0.388 e. The smallest absolute Gasteiger partial charge is 0.0882 e. The third-order valence-electron chi connectivity index (χ3n) is 2.52. The van der Waals surface area contributed by atoms with E-state index < -0.39 is 0 Å². The van der Waals surface area contributed by atoms with Crippen LogP contribution in [-0.2, 0) is 10.2 Å². The van der Waals surface area contributed by atoms with Gasteiger partial charge in [-0.2, -0.15) is 0 Å². The van der Waals surface area contributed by atoms with Crippen LogP contribution in [0.2, 0.25) is 0 Å². The Labute approximate surface area is 102 Å². The van der Waals surface area contributed by atoms with Gasteiger partial charge in [0.15, 0.2) is 0 Å². The van der Waals surface area contributed by atoms with E-state index >= 15 is 0 Å². The molecule has 1 unspecified atom stereocenters. The second-order valence-electron chi connectivity index (χ2n) is 5.10. The molecule has 0 aliphatic rings. The molecule has 0 aliphatic heterocycles. The molecule has 3 heteroatoms. The van der Waals surface area contributed by atoms with E-state index in [1.165, 1.54) is 4.88 Å². The van der Waals surface area contributed by atoms with Crippen molar-refractivity contribution < 1.29 is 9.84 Å². The number of aliphatic hydroxyl groups is 1. The van der Waals surface area contributed by atoms with E-state index in [1.807, 2.05) is 6.07 Å². The molecule has 0 radical (unpaired) electrons. The van der Waals surface area contributed by atoms with Crippen molar-refractivity contribution in [3.63, 3.8) is 0 Å². The zero-order valence-corrected chi connectivity index (χ0v) is 11.4. The number of rotatable bonds is 5. The maximum absolute atomic E-state index is 9.98. The lowest BCUT2D eigenvalue weighted by molar-refractivity contribution is 0.138. The van der Waals surface area contributed by atoms with Crippen LogP contribution in [0, 0.1) is 0 Å². The zero-order chi connectivity index (χ0) is 12.2. The van der Waals surface area contributed by atoms with Crippen LogP contribution in [0.3, 0.4) is 0 Å². The fourth-order valence-electron chi connectivity index (χ4n) is 1.50. The van der Waals surface area contributed by atoms with Crippen molar-refractivity contribution in [3.8, 4) is 0 Å². The van der Waals surface area contributed by atoms with Gasteiger partial charge in [0.25, 0.3) is 0 Å². The standard InChI is InChI=1S/C13H22O2S/c1-13(2,3)12-8-7-11(16-12)10(14)6-5-9-15-4/h7-8,10,14H,5-6,9H2,1-4H3. The maximum atomic E-state index is 9.98. The molecule has 1 aromatic heterocycles. The summed E-state index contributed by atoms with van der Waals surface area (Å²) in [4.78, 5) is 2.40. The van der Waals surface area contributed by atoms with E-state index in [4.69, 9.17) is 4.74 Å². The molecule has 1 aromatic rings. The van der Waals surface area contributed by atoms with Gasteiger partial charge in [-0.15, -0.1) is 11.3 Å². The van der Waals surface area contributed by atoms with Crippen LogP contribution in [0.4, 0.5) is 0 Å². The predicted octanol–water partition coefficient (Wildman–Crippen LogP) is 3.51. The van der Waals surface area contributed by atoms with E-state index in [2.05, 4.69) is 26.8 Å². The number of aliphatic hydroxyl groups excluding tert-OH is 1. The Morgan fingerprint density at radius 3 is 2.56 bits per heavy atom. The minimum Gasteiger partial charge on any atom is -0.388 e. The van der Waals surface area contributed by atoms with Crippen LogP contribution in [0.15, 0.2) is 12.1 Å². The summed E-state index contributed by atoms with van der Waals surface area (Å²) < 4.78 is 4.98. The van der Waals surface area contributed by atoms with E-state index in [9.17, 15) is 5.11 Å². The highest BCUT2D eigenvalue weighted by Gasteiger charge is 2.18. The number of methoxy groups -OCH3 is 1. The summed E-state index contributed by atoms with van der Waals surface area (Å²) in [6.45, 7) is 7.30. The summed E-state index contributed by atoms with van der Waals surface area (Å²) in [5, 5.41) is 9.98. The summed E-state index contributed by atoms with van der Waals surface area (Å²) in [7, 11) is 1.69. The van der Waals surface area contributed by atoms with Gasteiger partial charge in [-0.3, -0.25) is 0 Å². The van der Waals surface area contributed by atoms with Gasteiger partial charge in [-0.25, -0.2) is 0 Å². The van der Waals surface area contributed by atoms with Crippen molar-refractivity contribution in [2.75, 3.05) is 13.7 Å². The van der Waals surface area contributed by atoms with E-state index in [-0.39, 0.29) is 11.5 Å². The maximum Gasteiger partial charge on any atom is 0.0882 e. The molecule has 1 heterocycles. The lowest BCUT2D eigenvalue weighted by Gasteiger charge is -2.15. The average Bonchev–Trinajstić information content (AvgIpc) is 2.66. The van der Waals surface area contributed by atoms with Gasteiger partial charge >= 0.3 is 0 Å². The van der Waals surface area contributed by atoms with Crippen molar-refractivity contribution in [1.82, 2.24) is 0 Å². The van der Waals surface area contributed by atoms with Gasteiger partial charge in [0, 0.05) is 23.5 Å². The fourth-order valence-corrected chi connectivity index (χ4v) is 2.58. The Hall–Kier alpha value is -0.380. The first kappa shape index (κ1) is 13.7. The van der Waals surface area contributed by atoms with Gasteiger partial charge < -0.3 is 9.84 Å². The van der Waals surface area contributed by atoms with Gasteiger partial charge in [-0.05, 0) is 30.4 Å². The third kappa shape index (κ3) is 3.89. The first-order valence-electron chi connectivity index (χ1n) is 5.72. The van der Waals surface area contributed by atoms with Crippen LogP contribution < -0.4 is 0 Å². The highest BCUT2D eigenvalue weighted by Crippen LogP contribution is 2.33. The fraction of sp³-hybridized carbons (Fsp3) is 0.692. The van der Waals surface area contributed by atoms with E-state index in [1.54, 1.807) is 18.4 Å². The van der Waals surface area contributed by atoms with E-state index in [0.717, 1.165) is 17.7 Å². The van der Waals surface area contributed by atoms with Gasteiger partial charge in [0.1, 0.15) is 0 Å². The quantitative estimate of drug-likeness (QED) is 0.801. The van der Waals surface area contributed by atoms with Crippen molar-refractivity contribution in [2.24, 2.45) is 0 Å². The van der Waals surface area contributed by atoms with Crippen LogP contribution in [0.5, 0.6) is 0 Å². The molecule has 0 spiro atoms.